The van der Waals surface area contributed by atoms with Crippen molar-refractivity contribution >= 4 is 11.6 Å². The van der Waals surface area contributed by atoms with Gasteiger partial charge >= 0.3 is 0 Å². The molecule has 0 saturated heterocycles. The van der Waals surface area contributed by atoms with Crippen LogP contribution in [0.15, 0.2) is 18.2 Å². The van der Waals surface area contributed by atoms with Crippen LogP contribution in [0.3, 0.4) is 0 Å². The molecular formula is C17H24N4O2. The predicted molar refractivity (Wildman–Crippen MR) is 90.7 cm³/mol. The van der Waals surface area contributed by atoms with Crippen LogP contribution in [-0.2, 0) is 13.1 Å². The van der Waals surface area contributed by atoms with Crippen molar-refractivity contribution < 1.29 is 9.90 Å². The number of hydrogen-bond acceptors (Lipinski definition) is 4. The molecule has 0 atom stereocenters. The molecule has 0 aliphatic heterocycles. The van der Waals surface area contributed by atoms with E-state index in [1.165, 1.54) is 0 Å². The molecule has 6 heteroatoms. The lowest BCUT2D eigenvalue weighted by molar-refractivity contribution is 0.0962. The number of aryl methyl sites for hydroxylation is 1. The van der Waals surface area contributed by atoms with Gasteiger partial charge in [-0.1, -0.05) is 6.07 Å². The van der Waals surface area contributed by atoms with Crippen molar-refractivity contribution in [3.63, 3.8) is 0 Å². The third kappa shape index (κ3) is 3.53. The van der Waals surface area contributed by atoms with Gasteiger partial charge in [0.2, 0.25) is 0 Å². The Balaban J connectivity index is 2.20. The van der Waals surface area contributed by atoms with Gasteiger partial charge in [-0.05, 0) is 38.5 Å². The number of nitrogens with one attached hydrogen (secondary N) is 2. The van der Waals surface area contributed by atoms with Gasteiger partial charge in [-0.3, -0.25) is 9.48 Å². The first-order chi connectivity index (χ1) is 11.0. The van der Waals surface area contributed by atoms with Crippen LogP contribution in [0.5, 0.6) is 0 Å². The van der Waals surface area contributed by atoms with Gasteiger partial charge in [0.25, 0.3) is 5.91 Å². The quantitative estimate of drug-likeness (QED) is 0.759. The highest BCUT2D eigenvalue weighted by atomic mass is 16.3. The topological polar surface area (TPSA) is 79.2 Å². The molecule has 1 aromatic carbocycles. The second-order valence-corrected chi connectivity index (χ2v) is 5.51. The van der Waals surface area contributed by atoms with E-state index in [2.05, 4.69) is 15.7 Å². The van der Waals surface area contributed by atoms with Crippen molar-refractivity contribution in [1.82, 2.24) is 15.1 Å². The number of aliphatic hydroxyl groups excluding tert-OH is 1. The maximum absolute atomic E-state index is 11.9. The van der Waals surface area contributed by atoms with Crippen molar-refractivity contribution in [3.05, 3.63) is 46.3 Å². The number of aliphatic hydroxyl groups is 1. The van der Waals surface area contributed by atoms with Gasteiger partial charge in [0.15, 0.2) is 0 Å². The van der Waals surface area contributed by atoms with Crippen LogP contribution in [0.25, 0.3) is 0 Å². The number of nitrogens with zero attached hydrogens (tertiary/aromatic N) is 2. The van der Waals surface area contributed by atoms with Crippen molar-refractivity contribution in [1.29, 1.82) is 0 Å². The van der Waals surface area contributed by atoms with Gasteiger partial charge in [-0.2, -0.15) is 5.10 Å². The Hall–Kier alpha value is -2.34. The van der Waals surface area contributed by atoms with Crippen LogP contribution in [0, 0.1) is 20.8 Å². The van der Waals surface area contributed by atoms with E-state index in [0.29, 0.717) is 18.7 Å². The van der Waals surface area contributed by atoms with Gasteiger partial charge in [-0.15, -0.1) is 0 Å². The molecule has 0 saturated carbocycles. The zero-order chi connectivity index (χ0) is 17.0. The number of anilines is 1. The van der Waals surface area contributed by atoms with Gasteiger partial charge in [0, 0.05) is 36.1 Å². The molecule has 0 aliphatic carbocycles. The molecule has 1 aromatic heterocycles. The average Bonchev–Trinajstić information content (AvgIpc) is 2.80. The van der Waals surface area contributed by atoms with Crippen LogP contribution in [0.4, 0.5) is 5.69 Å². The molecule has 2 rings (SSSR count). The van der Waals surface area contributed by atoms with E-state index in [1.807, 2.05) is 43.7 Å². The Morgan fingerprint density at radius 2 is 2.04 bits per heavy atom. The number of rotatable bonds is 6. The van der Waals surface area contributed by atoms with Crippen LogP contribution in [0.1, 0.15) is 32.9 Å². The number of carbonyl (C=O) groups is 1. The summed E-state index contributed by atoms with van der Waals surface area (Å²) in [7, 11) is 1.63. The van der Waals surface area contributed by atoms with Crippen LogP contribution in [-0.4, -0.2) is 34.4 Å². The van der Waals surface area contributed by atoms with Crippen molar-refractivity contribution in [2.75, 3.05) is 19.0 Å². The second-order valence-electron chi connectivity index (χ2n) is 5.51. The summed E-state index contributed by atoms with van der Waals surface area (Å²) in [5, 5.41) is 19.6. The molecule has 0 spiro atoms. The summed E-state index contributed by atoms with van der Waals surface area (Å²) < 4.78 is 1.82. The standard InChI is InChI=1S/C17H24N4O2/c1-11-14(17(23)18-4)6-5-7-16(11)19-10-15-12(2)20-21(8-9-22)13(15)3/h5-7,19,22H,8-10H2,1-4H3,(H,18,23). The molecule has 124 valence electrons. The average molecular weight is 316 g/mol. The monoisotopic (exact) mass is 316 g/mol. The van der Waals surface area contributed by atoms with E-state index in [4.69, 9.17) is 5.11 Å². The molecule has 0 radical (unpaired) electrons. The first kappa shape index (κ1) is 17.0. The summed E-state index contributed by atoms with van der Waals surface area (Å²) in [4.78, 5) is 11.9. The van der Waals surface area contributed by atoms with Crippen molar-refractivity contribution in [2.24, 2.45) is 0 Å². The molecule has 0 fully saturated rings. The zero-order valence-electron chi connectivity index (χ0n) is 14.1. The maximum Gasteiger partial charge on any atom is 0.251 e. The summed E-state index contributed by atoms with van der Waals surface area (Å²) in [5.41, 5.74) is 5.63. The van der Waals surface area contributed by atoms with Gasteiger partial charge in [-0.25, -0.2) is 0 Å². The first-order valence-corrected chi connectivity index (χ1v) is 7.68. The first-order valence-electron chi connectivity index (χ1n) is 7.68. The number of benzene rings is 1. The van der Waals surface area contributed by atoms with Gasteiger partial charge in [0.05, 0.1) is 18.8 Å². The summed E-state index contributed by atoms with van der Waals surface area (Å²) in [6.45, 7) is 7.09. The van der Waals surface area contributed by atoms with Gasteiger partial charge in [0.1, 0.15) is 0 Å². The second kappa shape index (κ2) is 7.28. The predicted octanol–water partition coefficient (Wildman–Crippen LogP) is 1.77. The van der Waals surface area contributed by atoms with E-state index >= 15 is 0 Å². The number of aromatic nitrogens is 2. The molecule has 23 heavy (non-hydrogen) atoms. The number of amides is 1. The van der Waals surface area contributed by atoms with E-state index in [1.54, 1.807) is 7.05 Å². The summed E-state index contributed by atoms with van der Waals surface area (Å²) in [6.07, 6.45) is 0. The zero-order valence-corrected chi connectivity index (χ0v) is 14.1. The lowest BCUT2D eigenvalue weighted by Crippen LogP contribution is -2.19. The van der Waals surface area contributed by atoms with Crippen LogP contribution in [0.2, 0.25) is 0 Å². The number of carbonyl (C=O) groups excluding carboxylic acids is 1. The largest absolute Gasteiger partial charge is 0.394 e. The SMILES string of the molecule is CNC(=O)c1cccc(NCc2c(C)nn(CCO)c2C)c1C. The lowest BCUT2D eigenvalue weighted by Gasteiger charge is -2.13. The minimum Gasteiger partial charge on any atom is -0.394 e. The molecule has 3 N–H and O–H groups in total. The minimum atomic E-state index is -0.0886. The summed E-state index contributed by atoms with van der Waals surface area (Å²) in [6, 6.07) is 5.65. The lowest BCUT2D eigenvalue weighted by atomic mass is 10.1. The van der Waals surface area contributed by atoms with E-state index in [-0.39, 0.29) is 12.5 Å². The Labute approximate surface area is 136 Å². The molecular weight excluding hydrogens is 292 g/mol. The van der Waals surface area contributed by atoms with E-state index < -0.39 is 0 Å². The van der Waals surface area contributed by atoms with Crippen LogP contribution >= 0.6 is 0 Å². The molecule has 6 nitrogen and oxygen atoms in total. The fourth-order valence-corrected chi connectivity index (χ4v) is 2.69. The Morgan fingerprint density at radius 1 is 1.30 bits per heavy atom. The molecule has 0 unspecified atom stereocenters. The molecule has 1 amide bonds. The molecule has 1 heterocycles. The smallest absolute Gasteiger partial charge is 0.251 e. The van der Waals surface area contributed by atoms with Crippen molar-refractivity contribution in [3.8, 4) is 0 Å². The fourth-order valence-electron chi connectivity index (χ4n) is 2.69. The summed E-state index contributed by atoms with van der Waals surface area (Å²) in [5.74, 6) is -0.0886. The third-order valence-electron chi connectivity index (χ3n) is 4.10. The number of hydrogen-bond donors (Lipinski definition) is 3. The van der Waals surface area contributed by atoms with Crippen LogP contribution < -0.4 is 10.6 Å². The molecule has 2 aromatic rings. The Morgan fingerprint density at radius 3 is 2.70 bits per heavy atom. The van der Waals surface area contributed by atoms with E-state index in [0.717, 1.165) is 28.2 Å². The maximum atomic E-state index is 11.9. The van der Waals surface area contributed by atoms with Gasteiger partial charge < -0.3 is 15.7 Å². The van der Waals surface area contributed by atoms with E-state index in [9.17, 15) is 4.79 Å². The summed E-state index contributed by atoms with van der Waals surface area (Å²) >= 11 is 0. The third-order valence-corrected chi connectivity index (χ3v) is 4.10. The highest BCUT2D eigenvalue weighted by Gasteiger charge is 2.13. The minimum absolute atomic E-state index is 0.0715. The Kier molecular flexibility index (Phi) is 5.39. The highest BCUT2D eigenvalue weighted by molar-refractivity contribution is 5.96. The highest BCUT2D eigenvalue weighted by Crippen LogP contribution is 2.21. The van der Waals surface area contributed by atoms with Crippen molar-refractivity contribution in [2.45, 2.75) is 33.9 Å². The fraction of sp³-hybridized carbons (Fsp3) is 0.412. The Bertz CT molecular complexity index is 707. The molecule has 0 aliphatic rings. The normalized spacial score (nSPS) is 10.7. The molecule has 0 bridgehead atoms.